The minimum absolute atomic E-state index is 0.0624. The predicted molar refractivity (Wildman–Crippen MR) is 55.1 cm³/mol. The minimum atomic E-state index is -0.189. The van der Waals surface area contributed by atoms with Crippen LogP contribution in [0.25, 0.3) is 0 Å². The van der Waals surface area contributed by atoms with Crippen LogP contribution in [-0.2, 0) is 14.3 Å². The number of thiol groups is 1. The maximum absolute atomic E-state index is 11.0. The Hall–Kier alpha value is -0.220. The third-order valence-corrected chi connectivity index (χ3v) is 1.83. The molecule has 0 amide bonds. The summed E-state index contributed by atoms with van der Waals surface area (Å²) < 4.78 is 9.96. The van der Waals surface area contributed by atoms with E-state index < -0.39 is 0 Å². The lowest BCUT2D eigenvalue weighted by molar-refractivity contribution is -0.144. The van der Waals surface area contributed by atoms with Crippen molar-refractivity contribution in [3.8, 4) is 0 Å². The molecule has 0 saturated heterocycles. The molecule has 0 heterocycles. The molecule has 0 bridgehead atoms. The van der Waals surface area contributed by atoms with Crippen molar-refractivity contribution in [1.29, 1.82) is 0 Å². The van der Waals surface area contributed by atoms with Crippen LogP contribution in [0.1, 0.15) is 26.7 Å². The van der Waals surface area contributed by atoms with Crippen molar-refractivity contribution in [2.45, 2.75) is 38.0 Å². The number of ether oxygens (including phenoxy) is 2. The van der Waals surface area contributed by atoms with Crippen molar-refractivity contribution in [3.05, 3.63) is 0 Å². The summed E-state index contributed by atoms with van der Waals surface area (Å²) in [5.74, 6) is -0.189. The van der Waals surface area contributed by atoms with E-state index in [-0.39, 0.29) is 17.3 Å². The molecular weight excluding hydrogens is 188 g/mol. The second-order valence-electron chi connectivity index (χ2n) is 3.11. The van der Waals surface area contributed by atoms with E-state index in [0.29, 0.717) is 13.0 Å². The molecule has 2 unspecified atom stereocenters. The van der Waals surface area contributed by atoms with Crippen molar-refractivity contribution in [2.24, 2.45) is 0 Å². The largest absolute Gasteiger partial charge is 0.466 e. The smallest absolute Gasteiger partial charge is 0.306 e. The van der Waals surface area contributed by atoms with Crippen LogP contribution in [0.15, 0.2) is 0 Å². The van der Waals surface area contributed by atoms with Crippen LogP contribution in [0.2, 0.25) is 0 Å². The minimum Gasteiger partial charge on any atom is -0.466 e. The summed E-state index contributed by atoms with van der Waals surface area (Å²) in [6, 6.07) is 0. The van der Waals surface area contributed by atoms with Crippen molar-refractivity contribution in [2.75, 3.05) is 13.7 Å². The van der Waals surface area contributed by atoms with Crippen LogP contribution in [-0.4, -0.2) is 31.0 Å². The van der Waals surface area contributed by atoms with Crippen LogP contribution in [0, 0.1) is 0 Å². The molecular formula is C9H18O3S. The van der Waals surface area contributed by atoms with Crippen LogP contribution < -0.4 is 0 Å². The Morgan fingerprint density at radius 2 is 2.08 bits per heavy atom. The summed E-state index contributed by atoms with van der Waals surface area (Å²) in [7, 11) is 1.64. The lowest BCUT2D eigenvalue weighted by atomic mass is 10.3. The normalized spacial score (nSPS) is 15.1. The molecule has 0 aromatic carbocycles. The van der Waals surface area contributed by atoms with Crippen LogP contribution in [0.5, 0.6) is 0 Å². The molecule has 0 N–H and O–H groups in total. The third kappa shape index (κ3) is 8.12. The Morgan fingerprint density at radius 3 is 2.54 bits per heavy atom. The monoisotopic (exact) mass is 206 g/mol. The Balaban J connectivity index is 3.37. The van der Waals surface area contributed by atoms with Gasteiger partial charge in [0.25, 0.3) is 0 Å². The maximum Gasteiger partial charge on any atom is 0.306 e. The second kappa shape index (κ2) is 7.21. The molecule has 0 aliphatic rings. The van der Waals surface area contributed by atoms with Crippen molar-refractivity contribution < 1.29 is 14.3 Å². The molecule has 0 radical (unpaired) electrons. The summed E-state index contributed by atoms with van der Waals surface area (Å²) in [5.41, 5.74) is 0. The molecule has 3 nitrogen and oxygen atoms in total. The van der Waals surface area contributed by atoms with Crippen molar-refractivity contribution in [1.82, 2.24) is 0 Å². The number of rotatable bonds is 6. The van der Waals surface area contributed by atoms with Gasteiger partial charge in [-0.25, -0.2) is 0 Å². The Kier molecular flexibility index (Phi) is 7.09. The molecule has 2 atom stereocenters. The number of carbonyl (C=O) groups is 1. The van der Waals surface area contributed by atoms with E-state index in [2.05, 4.69) is 12.6 Å². The van der Waals surface area contributed by atoms with Gasteiger partial charge in [0, 0.05) is 18.8 Å². The van der Waals surface area contributed by atoms with Crippen LogP contribution in [0.4, 0.5) is 0 Å². The first kappa shape index (κ1) is 12.8. The number of esters is 1. The van der Waals surface area contributed by atoms with Gasteiger partial charge >= 0.3 is 5.97 Å². The van der Waals surface area contributed by atoms with Gasteiger partial charge in [0.05, 0.1) is 19.1 Å². The highest BCUT2D eigenvalue weighted by Crippen LogP contribution is 2.02. The molecule has 0 aliphatic carbocycles. The fourth-order valence-electron chi connectivity index (χ4n) is 0.757. The molecule has 0 fully saturated rings. The van der Waals surface area contributed by atoms with Crippen LogP contribution in [0.3, 0.4) is 0 Å². The van der Waals surface area contributed by atoms with Crippen molar-refractivity contribution in [3.63, 3.8) is 0 Å². The second-order valence-corrected chi connectivity index (χ2v) is 3.99. The standard InChI is InChI=1S/C9H18O3S/c1-7(11-3)4-5-12-9(10)6-8(2)13/h7-8,13H,4-6H2,1-3H3. The molecule has 0 saturated carbocycles. The molecule has 0 aliphatic heterocycles. The first-order chi connectivity index (χ1) is 6.06. The molecule has 0 rings (SSSR count). The van der Waals surface area contributed by atoms with E-state index in [4.69, 9.17) is 9.47 Å². The topological polar surface area (TPSA) is 35.5 Å². The van der Waals surface area contributed by atoms with Gasteiger partial charge in [0.2, 0.25) is 0 Å². The molecule has 13 heavy (non-hydrogen) atoms. The lowest BCUT2D eigenvalue weighted by Crippen LogP contribution is -2.14. The van der Waals surface area contributed by atoms with Gasteiger partial charge in [-0.3, -0.25) is 4.79 Å². The van der Waals surface area contributed by atoms with Gasteiger partial charge in [-0.1, -0.05) is 6.92 Å². The van der Waals surface area contributed by atoms with E-state index in [1.165, 1.54) is 0 Å². The Bertz CT molecular complexity index is 148. The van der Waals surface area contributed by atoms with Gasteiger partial charge in [0.15, 0.2) is 0 Å². The predicted octanol–water partition coefficient (Wildman–Crippen LogP) is 1.66. The fourth-order valence-corrected chi connectivity index (χ4v) is 0.906. The highest BCUT2D eigenvalue weighted by atomic mass is 32.1. The highest BCUT2D eigenvalue weighted by molar-refractivity contribution is 7.80. The lowest BCUT2D eigenvalue weighted by Gasteiger charge is -2.10. The first-order valence-corrected chi connectivity index (χ1v) is 4.94. The zero-order valence-corrected chi connectivity index (χ0v) is 9.34. The van der Waals surface area contributed by atoms with Crippen molar-refractivity contribution >= 4 is 18.6 Å². The molecule has 78 valence electrons. The quantitative estimate of drug-likeness (QED) is 0.530. The zero-order valence-electron chi connectivity index (χ0n) is 8.45. The van der Waals surface area contributed by atoms with E-state index in [9.17, 15) is 4.79 Å². The highest BCUT2D eigenvalue weighted by Gasteiger charge is 2.07. The molecule has 0 spiro atoms. The van der Waals surface area contributed by atoms with E-state index in [1.807, 2.05) is 13.8 Å². The maximum atomic E-state index is 11.0. The number of hydrogen-bond acceptors (Lipinski definition) is 4. The number of methoxy groups -OCH3 is 1. The molecule has 0 aromatic rings. The fraction of sp³-hybridized carbons (Fsp3) is 0.889. The summed E-state index contributed by atoms with van der Waals surface area (Å²) >= 11 is 4.09. The average Bonchev–Trinajstić information content (AvgIpc) is 2.02. The summed E-state index contributed by atoms with van der Waals surface area (Å²) in [6.45, 7) is 4.23. The first-order valence-electron chi connectivity index (χ1n) is 4.42. The van der Waals surface area contributed by atoms with Gasteiger partial charge in [-0.05, 0) is 6.92 Å². The van der Waals surface area contributed by atoms with E-state index in [1.54, 1.807) is 7.11 Å². The summed E-state index contributed by atoms with van der Waals surface area (Å²) in [5, 5.41) is 0.0624. The Morgan fingerprint density at radius 1 is 1.46 bits per heavy atom. The summed E-state index contributed by atoms with van der Waals surface area (Å²) in [6.07, 6.45) is 1.24. The van der Waals surface area contributed by atoms with Gasteiger partial charge < -0.3 is 9.47 Å². The number of carbonyl (C=O) groups excluding carboxylic acids is 1. The van der Waals surface area contributed by atoms with Gasteiger partial charge in [-0.2, -0.15) is 12.6 Å². The number of hydrogen-bond donors (Lipinski definition) is 1. The van der Waals surface area contributed by atoms with E-state index in [0.717, 1.165) is 6.42 Å². The molecule has 0 aromatic heterocycles. The van der Waals surface area contributed by atoms with E-state index >= 15 is 0 Å². The Labute approximate surface area is 85.2 Å². The van der Waals surface area contributed by atoms with Gasteiger partial charge in [0.1, 0.15) is 0 Å². The van der Waals surface area contributed by atoms with Gasteiger partial charge in [-0.15, -0.1) is 0 Å². The van der Waals surface area contributed by atoms with Crippen LogP contribution >= 0.6 is 12.6 Å². The summed E-state index contributed by atoms with van der Waals surface area (Å²) in [4.78, 5) is 11.0. The average molecular weight is 206 g/mol. The SMILES string of the molecule is COC(C)CCOC(=O)CC(C)S. The molecule has 4 heteroatoms. The third-order valence-electron chi connectivity index (χ3n) is 1.65. The zero-order chi connectivity index (χ0) is 10.3.